The highest BCUT2D eigenvalue weighted by molar-refractivity contribution is 5.62. The number of nitrogens with zero attached hydrogens (tertiary/aromatic N) is 5. The maximum absolute atomic E-state index is 9.08. The summed E-state index contributed by atoms with van der Waals surface area (Å²) in [6, 6.07) is 9.32. The van der Waals surface area contributed by atoms with Gasteiger partial charge in [0.25, 0.3) is 0 Å². The molecule has 7 heteroatoms. The monoisotopic (exact) mass is 297 g/mol. The predicted molar refractivity (Wildman–Crippen MR) is 85.9 cm³/mol. The summed E-state index contributed by atoms with van der Waals surface area (Å²) >= 11 is 0. The number of anilines is 3. The first-order valence-electron chi connectivity index (χ1n) is 7.03. The molecule has 0 spiro atoms. The van der Waals surface area contributed by atoms with E-state index in [4.69, 9.17) is 5.26 Å². The first kappa shape index (κ1) is 15.7. The van der Waals surface area contributed by atoms with E-state index in [1.807, 2.05) is 26.2 Å². The number of rotatable bonds is 7. The molecule has 0 saturated carbocycles. The zero-order chi connectivity index (χ0) is 15.8. The van der Waals surface area contributed by atoms with Crippen LogP contribution in [0.15, 0.2) is 30.5 Å². The summed E-state index contributed by atoms with van der Waals surface area (Å²) in [7, 11) is 4.09. The van der Waals surface area contributed by atoms with E-state index in [2.05, 4.69) is 36.8 Å². The van der Waals surface area contributed by atoms with Crippen molar-refractivity contribution in [3.8, 4) is 6.07 Å². The van der Waals surface area contributed by atoms with Crippen LogP contribution in [0.5, 0.6) is 0 Å². The zero-order valence-corrected chi connectivity index (χ0v) is 12.7. The number of benzene rings is 1. The van der Waals surface area contributed by atoms with Gasteiger partial charge in [0.2, 0.25) is 5.95 Å². The third-order valence-electron chi connectivity index (χ3n) is 2.94. The van der Waals surface area contributed by atoms with Gasteiger partial charge in [0.1, 0.15) is 6.07 Å². The topological polar surface area (TPSA) is 89.8 Å². The number of para-hydroxylation sites is 1. The summed E-state index contributed by atoms with van der Waals surface area (Å²) in [5.74, 6) is 1.02. The molecule has 0 aliphatic carbocycles. The summed E-state index contributed by atoms with van der Waals surface area (Å²) in [6.45, 7) is 1.82. The molecule has 0 aliphatic rings. The number of hydrogen-bond donors (Lipinski definition) is 2. The fourth-order valence-electron chi connectivity index (χ4n) is 1.86. The number of hydrogen-bond acceptors (Lipinski definition) is 7. The molecule has 0 unspecified atom stereocenters. The lowest BCUT2D eigenvalue weighted by molar-refractivity contribution is 0.405. The summed E-state index contributed by atoms with van der Waals surface area (Å²) in [5.41, 5.74) is 1.20. The van der Waals surface area contributed by atoms with E-state index < -0.39 is 0 Å². The van der Waals surface area contributed by atoms with E-state index in [0.29, 0.717) is 23.0 Å². The first-order chi connectivity index (χ1) is 10.7. The van der Waals surface area contributed by atoms with E-state index >= 15 is 0 Å². The summed E-state index contributed by atoms with van der Waals surface area (Å²) in [5, 5.41) is 23.2. The van der Waals surface area contributed by atoms with Crippen LogP contribution in [0, 0.1) is 11.3 Å². The minimum absolute atomic E-state index is 0.361. The third-order valence-corrected chi connectivity index (χ3v) is 2.94. The molecule has 2 N–H and O–H groups in total. The van der Waals surface area contributed by atoms with Crippen LogP contribution in [0.1, 0.15) is 12.0 Å². The van der Waals surface area contributed by atoms with Crippen molar-refractivity contribution in [3.05, 3.63) is 36.0 Å². The van der Waals surface area contributed by atoms with Crippen molar-refractivity contribution in [1.29, 1.82) is 5.26 Å². The van der Waals surface area contributed by atoms with Gasteiger partial charge in [-0.05, 0) is 39.2 Å². The highest BCUT2D eigenvalue weighted by atomic mass is 15.3. The summed E-state index contributed by atoms with van der Waals surface area (Å²) in [6.07, 6.45) is 2.59. The van der Waals surface area contributed by atoms with Crippen molar-refractivity contribution < 1.29 is 0 Å². The second-order valence-corrected chi connectivity index (χ2v) is 5.03. The van der Waals surface area contributed by atoms with Gasteiger partial charge in [-0.15, -0.1) is 5.10 Å². The highest BCUT2D eigenvalue weighted by Gasteiger charge is 2.04. The molecule has 0 radical (unpaired) electrons. The van der Waals surface area contributed by atoms with Crippen LogP contribution in [0.3, 0.4) is 0 Å². The van der Waals surface area contributed by atoms with Gasteiger partial charge >= 0.3 is 0 Å². The Hall–Kier alpha value is -2.72. The number of nitrogens with one attached hydrogen (secondary N) is 2. The molecule has 114 valence electrons. The molecular formula is C15H19N7. The van der Waals surface area contributed by atoms with Crippen molar-refractivity contribution in [2.75, 3.05) is 37.8 Å². The Morgan fingerprint density at radius 1 is 1.27 bits per heavy atom. The first-order valence-corrected chi connectivity index (χ1v) is 7.03. The van der Waals surface area contributed by atoms with E-state index in [1.165, 1.54) is 0 Å². The Kier molecular flexibility index (Phi) is 5.63. The molecule has 0 atom stereocenters. The average Bonchev–Trinajstić information content (AvgIpc) is 2.52. The van der Waals surface area contributed by atoms with Crippen molar-refractivity contribution >= 4 is 17.5 Å². The van der Waals surface area contributed by atoms with Crippen molar-refractivity contribution in [2.45, 2.75) is 6.42 Å². The molecule has 7 nitrogen and oxygen atoms in total. The molecule has 0 saturated heterocycles. The van der Waals surface area contributed by atoms with Gasteiger partial charge in [-0.1, -0.05) is 12.1 Å². The lowest BCUT2D eigenvalue weighted by Gasteiger charge is -2.10. The molecule has 0 amide bonds. The minimum Gasteiger partial charge on any atom is -0.369 e. The number of aromatic nitrogens is 3. The molecule has 0 aliphatic heterocycles. The predicted octanol–water partition coefficient (Wildman–Crippen LogP) is 1.85. The van der Waals surface area contributed by atoms with Crippen LogP contribution in [0.2, 0.25) is 0 Å². The molecule has 22 heavy (non-hydrogen) atoms. The summed E-state index contributed by atoms with van der Waals surface area (Å²) in [4.78, 5) is 6.47. The van der Waals surface area contributed by atoms with E-state index in [1.54, 1.807) is 18.3 Å². The van der Waals surface area contributed by atoms with E-state index in [-0.39, 0.29) is 0 Å². The van der Waals surface area contributed by atoms with Crippen LogP contribution >= 0.6 is 0 Å². The second-order valence-electron chi connectivity index (χ2n) is 5.03. The Labute approximate surface area is 130 Å². The lowest BCUT2D eigenvalue weighted by Crippen LogP contribution is -2.17. The van der Waals surface area contributed by atoms with Crippen LogP contribution < -0.4 is 10.6 Å². The van der Waals surface area contributed by atoms with E-state index in [9.17, 15) is 0 Å². The van der Waals surface area contributed by atoms with Crippen LogP contribution in [0.4, 0.5) is 17.5 Å². The van der Waals surface area contributed by atoms with Gasteiger partial charge in [0.05, 0.1) is 17.4 Å². The Morgan fingerprint density at radius 2 is 2.09 bits per heavy atom. The highest BCUT2D eigenvalue weighted by Crippen LogP contribution is 2.17. The molecule has 2 aromatic rings. The third kappa shape index (κ3) is 4.68. The quantitative estimate of drug-likeness (QED) is 0.754. The SMILES string of the molecule is CN(C)CCCNc1cnnc(Nc2ccccc2C#N)n1. The minimum atomic E-state index is 0.361. The fraction of sp³-hybridized carbons (Fsp3) is 0.333. The molecular weight excluding hydrogens is 278 g/mol. The van der Waals surface area contributed by atoms with E-state index in [0.717, 1.165) is 19.5 Å². The van der Waals surface area contributed by atoms with Gasteiger partial charge in [-0.2, -0.15) is 15.3 Å². The maximum atomic E-state index is 9.08. The Morgan fingerprint density at radius 3 is 2.86 bits per heavy atom. The van der Waals surface area contributed by atoms with Gasteiger partial charge in [0, 0.05) is 6.54 Å². The van der Waals surface area contributed by atoms with Crippen LogP contribution in [0.25, 0.3) is 0 Å². The van der Waals surface area contributed by atoms with Gasteiger partial charge in [0.15, 0.2) is 5.82 Å². The smallest absolute Gasteiger partial charge is 0.249 e. The Bertz CT molecular complexity index is 648. The number of nitriles is 1. The Balaban J connectivity index is 1.98. The molecule has 1 heterocycles. The molecule has 1 aromatic heterocycles. The maximum Gasteiger partial charge on any atom is 0.249 e. The standard InChI is InChI=1S/C15H19N7/c1-22(2)9-5-8-17-14-11-18-21-15(20-14)19-13-7-4-3-6-12(13)10-16/h3-4,6-7,11H,5,8-9H2,1-2H3,(H2,17,19,20,21). The summed E-state index contributed by atoms with van der Waals surface area (Å²) < 4.78 is 0. The van der Waals surface area contributed by atoms with Gasteiger partial charge in [-0.3, -0.25) is 0 Å². The fourth-order valence-corrected chi connectivity index (χ4v) is 1.86. The molecule has 1 aromatic carbocycles. The van der Waals surface area contributed by atoms with Crippen molar-refractivity contribution in [2.24, 2.45) is 0 Å². The largest absolute Gasteiger partial charge is 0.369 e. The molecule has 0 bridgehead atoms. The lowest BCUT2D eigenvalue weighted by atomic mass is 10.2. The molecule has 0 fully saturated rings. The van der Waals surface area contributed by atoms with Crippen LogP contribution in [-0.2, 0) is 0 Å². The zero-order valence-electron chi connectivity index (χ0n) is 12.7. The average molecular weight is 297 g/mol. The van der Waals surface area contributed by atoms with Crippen molar-refractivity contribution in [1.82, 2.24) is 20.1 Å². The van der Waals surface area contributed by atoms with Gasteiger partial charge in [-0.25, -0.2) is 0 Å². The molecule has 2 rings (SSSR count). The second kappa shape index (κ2) is 7.90. The van der Waals surface area contributed by atoms with Crippen molar-refractivity contribution in [3.63, 3.8) is 0 Å². The normalized spacial score (nSPS) is 10.3. The van der Waals surface area contributed by atoms with Crippen LogP contribution in [-0.4, -0.2) is 47.3 Å². The van der Waals surface area contributed by atoms with Gasteiger partial charge < -0.3 is 15.5 Å².